The third kappa shape index (κ3) is 11.1. The molecule has 2 aromatic heterocycles. The molecule has 3 aromatic rings. The van der Waals surface area contributed by atoms with Crippen LogP contribution in [0.1, 0.15) is 97.0 Å². The van der Waals surface area contributed by atoms with Gasteiger partial charge in [-0.25, -0.2) is 17.7 Å². The van der Waals surface area contributed by atoms with E-state index in [2.05, 4.69) is 50.9 Å². The summed E-state index contributed by atoms with van der Waals surface area (Å²) in [5, 5.41) is 25.4. The van der Waals surface area contributed by atoms with Crippen LogP contribution in [0.15, 0.2) is 41.5 Å². The number of aryl methyl sites for hydroxylation is 2. The molecular formula is C47H67ClN8O8S2. The smallest absolute Gasteiger partial charge is 0.303 e. The summed E-state index contributed by atoms with van der Waals surface area (Å²) in [5.74, 6) is 1.02. The Morgan fingerprint density at radius 1 is 0.955 bits per heavy atom. The molecule has 3 N–H and O–H groups in total. The number of hydrogen-bond acceptors (Lipinski definition) is 14. The highest BCUT2D eigenvalue weighted by Crippen LogP contribution is 2.45. The zero-order valence-corrected chi connectivity index (χ0v) is 41.1. The van der Waals surface area contributed by atoms with Gasteiger partial charge in [0.2, 0.25) is 10.0 Å². The van der Waals surface area contributed by atoms with Crippen molar-refractivity contribution in [2.75, 3.05) is 72.9 Å². The van der Waals surface area contributed by atoms with Crippen LogP contribution >= 0.6 is 22.9 Å². The summed E-state index contributed by atoms with van der Waals surface area (Å²) >= 11 is 8.01. The first-order valence-electron chi connectivity index (χ1n) is 23.6. The second-order valence-corrected chi connectivity index (χ2v) is 22.3. The summed E-state index contributed by atoms with van der Waals surface area (Å²) in [6.45, 7) is 15.6. The number of ether oxygens (including phenoxy) is 4. The van der Waals surface area contributed by atoms with Gasteiger partial charge in [0.15, 0.2) is 5.82 Å². The number of hydrazine groups is 1. The van der Waals surface area contributed by atoms with E-state index in [0.717, 1.165) is 71.4 Å². The van der Waals surface area contributed by atoms with E-state index in [-0.39, 0.29) is 48.5 Å². The minimum atomic E-state index is -3.60. The molecule has 1 saturated carbocycles. The molecule has 19 heteroatoms. The van der Waals surface area contributed by atoms with Crippen molar-refractivity contribution in [1.29, 1.82) is 0 Å². The van der Waals surface area contributed by atoms with Gasteiger partial charge in [0.05, 0.1) is 62.6 Å². The molecule has 1 aliphatic carbocycles. The highest BCUT2D eigenvalue weighted by atomic mass is 35.5. The van der Waals surface area contributed by atoms with Gasteiger partial charge in [-0.2, -0.15) is 0 Å². The van der Waals surface area contributed by atoms with Gasteiger partial charge in [-0.15, -0.1) is 21.5 Å². The van der Waals surface area contributed by atoms with Crippen LogP contribution in [0.4, 0.5) is 0 Å². The average Bonchev–Trinajstić information content (AvgIpc) is 3.96. The Hall–Kier alpha value is -3.30. The first kappa shape index (κ1) is 49.1. The molecule has 6 heterocycles. The van der Waals surface area contributed by atoms with Crippen LogP contribution in [0.2, 0.25) is 5.02 Å². The molecule has 16 nitrogen and oxygen atoms in total. The lowest BCUT2D eigenvalue weighted by Crippen LogP contribution is -2.53. The minimum absolute atomic E-state index is 0.00374. The lowest BCUT2D eigenvalue weighted by Gasteiger charge is -2.46. The third-order valence-corrected chi connectivity index (χ3v) is 18.3. The van der Waals surface area contributed by atoms with Gasteiger partial charge in [0.25, 0.3) is 0 Å². The largest absolute Gasteiger partial charge is 0.481 e. The lowest BCUT2D eigenvalue weighted by molar-refractivity contribution is -0.138. The number of carbonyl (C=O) groups is 1. The van der Waals surface area contributed by atoms with Crippen LogP contribution in [0, 0.1) is 38.5 Å². The first-order chi connectivity index (χ1) is 31.8. The van der Waals surface area contributed by atoms with Crippen molar-refractivity contribution in [1.82, 2.24) is 34.8 Å². The molecule has 8 rings (SSSR count). The fraction of sp³-hybridized carbons (Fsp3) is 0.660. The fourth-order valence-corrected chi connectivity index (χ4v) is 14.6. The van der Waals surface area contributed by atoms with Crippen LogP contribution in [0.3, 0.4) is 0 Å². The summed E-state index contributed by atoms with van der Waals surface area (Å²) in [4.78, 5) is 18.2. The SMILES string of the molecule is C=C(CC1N=C(c2ccc(Cl)cc2)c2c(sc(C)c2C)-n2c(C)nnc21)NCCOCCOCCOC1CCC(C2CCN3NCC(CC(=O)O)C3C2)C(S(=O)(=O)N2CCC(OC)CC2)C1. The lowest BCUT2D eigenvalue weighted by atomic mass is 9.72. The monoisotopic (exact) mass is 970 g/mol. The van der Waals surface area contributed by atoms with Crippen LogP contribution in [-0.4, -0.2) is 146 Å². The van der Waals surface area contributed by atoms with Crippen molar-refractivity contribution in [3.05, 3.63) is 74.8 Å². The van der Waals surface area contributed by atoms with E-state index in [4.69, 9.17) is 35.5 Å². The quantitative estimate of drug-likeness (QED) is 0.112. The number of halogens is 1. The van der Waals surface area contributed by atoms with E-state index in [1.165, 1.54) is 10.4 Å². The van der Waals surface area contributed by atoms with E-state index in [1.54, 1.807) is 22.8 Å². The second kappa shape index (κ2) is 22.0. The average molecular weight is 972 g/mol. The molecule has 5 aliphatic rings. The molecule has 7 unspecified atom stereocenters. The van der Waals surface area contributed by atoms with Gasteiger partial charge in [0.1, 0.15) is 16.9 Å². The molecule has 4 aliphatic heterocycles. The summed E-state index contributed by atoms with van der Waals surface area (Å²) < 4.78 is 56.4. The van der Waals surface area contributed by atoms with Crippen LogP contribution in [0.5, 0.6) is 0 Å². The van der Waals surface area contributed by atoms with Crippen molar-refractivity contribution < 1.29 is 37.3 Å². The Morgan fingerprint density at radius 3 is 2.44 bits per heavy atom. The van der Waals surface area contributed by atoms with Gasteiger partial charge in [-0.05, 0) is 95.2 Å². The predicted octanol–water partition coefficient (Wildman–Crippen LogP) is 6.01. The number of rotatable bonds is 20. The maximum absolute atomic E-state index is 14.5. The number of nitrogens with one attached hydrogen (secondary N) is 2. The predicted molar refractivity (Wildman–Crippen MR) is 255 cm³/mol. The molecule has 0 amide bonds. The van der Waals surface area contributed by atoms with Crippen molar-refractivity contribution in [3.8, 4) is 5.00 Å². The second-order valence-electron chi connectivity index (χ2n) is 18.5. The standard InChI is InChI=1S/C47H67ClN8O8S2/c1-29(24-40-46-53-52-32(4)56(46)47-44(30(2)31(3)65-47)45(51-40)33-6-8-36(48)9-7-33)49-15-19-62-20-21-63-22-23-64-38-10-11-39(34-12-18-55-41(25-34)35(28-50-55)26-43(57)58)42(27-38)66(59,60)54-16-13-37(61-5)14-17-54/h6-9,34-35,37-42,49-50H,1,10-28H2,2-5H3,(H,57,58). The molecule has 3 saturated heterocycles. The van der Waals surface area contributed by atoms with Gasteiger partial charge >= 0.3 is 5.97 Å². The maximum atomic E-state index is 14.5. The third-order valence-electron chi connectivity index (χ3n) is 14.5. The van der Waals surface area contributed by atoms with Gasteiger partial charge < -0.3 is 29.4 Å². The van der Waals surface area contributed by atoms with E-state index < -0.39 is 21.2 Å². The highest BCUT2D eigenvalue weighted by molar-refractivity contribution is 7.89. The fourth-order valence-electron chi connectivity index (χ4n) is 10.9. The number of thiophene rings is 1. The van der Waals surface area contributed by atoms with Crippen molar-refractivity contribution >= 4 is 44.6 Å². The summed E-state index contributed by atoms with van der Waals surface area (Å²) in [5.41, 5.74) is 8.40. The molecule has 1 aromatic carbocycles. The van der Waals surface area contributed by atoms with Crippen LogP contribution in [0.25, 0.3) is 5.00 Å². The molecule has 4 fully saturated rings. The van der Waals surface area contributed by atoms with Gasteiger partial charge in [-0.1, -0.05) is 30.3 Å². The molecule has 7 atom stereocenters. The minimum Gasteiger partial charge on any atom is -0.481 e. The number of fused-ring (bicyclic) bond motifs is 4. The van der Waals surface area contributed by atoms with Crippen LogP contribution in [-0.2, 0) is 33.8 Å². The molecule has 0 radical (unpaired) electrons. The molecular weight excluding hydrogens is 904 g/mol. The van der Waals surface area contributed by atoms with Gasteiger partial charge in [-0.3, -0.25) is 19.8 Å². The Bertz CT molecular complexity index is 2300. The number of methoxy groups -OCH3 is 1. The number of carboxylic acids is 1. The zero-order chi connectivity index (χ0) is 46.5. The maximum Gasteiger partial charge on any atom is 0.303 e. The van der Waals surface area contributed by atoms with Crippen molar-refractivity contribution in [2.24, 2.45) is 22.7 Å². The normalized spacial score (nSPS) is 26.3. The molecule has 66 heavy (non-hydrogen) atoms. The Labute approximate surface area is 398 Å². The van der Waals surface area contributed by atoms with E-state index in [1.807, 2.05) is 31.2 Å². The highest BCUT2D eigenvalue weighted by Gasteiger charge is 2.49. The van der Waals surface area contributed by atoms with Crippen molar-refractivity contribution in [2.45, 2.75) is 108 Å². The molecule has 0 spiro atoms. The Kier molecular flexibility index (Phi) is 16.4. The number of aliphatic carboxylic acids is 1. The number of piperidine rings is 2. The number of sulfonamides is 1. The number of nitrogens with zero attached hydrogens (tertiary/aromatic N) is 6. The van der Waals surface area contributed by atoms with E-state index in [9.17, 15) is 18.3 Å². The number of hydrogen-bond donors (Lipinski definition) is 3. The van der Waals surface area contributed by atoms with Gasteiger partial charge in [0, 0.05) is 84.9 Å². The summed E-state index contributed by atoms with van der Waals surface area (Å²) in [6, 6.07) is 7.61. The summed E-state index contributed by atoms with van der Waals surface area (Å²) in [6.07, 6.45) is 5.62. The Morgan fingerprint density at radius 2 is 1.70 bits per heavy atom. The molecule has 0 bridgehead atoms. The van der Waals surface area contributed by atoms with Crippen molar-refractivity contribution in [3.63, 3.8) is 0 Å². The summed E-state index contributed by atoms with van der Waals surface area (Å²) in [7, 11) is -1.91. The molecule has 362 valence electrons. The number of aromatic nitrogens is 3. The van der Waals surface area contributed by atoms with Crippen LogP contribution < -0.4 is 10.7 Å². The zero-order valence-electron chi connectivity index (χ0n) is 38.8. The first-order valence-corrected chi connectivity index (χ1v) is 26.3. The topological polar surface area (TPSA) is 182 Å². The number of carboxylic acid groups (broad SMARTS) is 1. The van der Waals surface area contributed by atoms with E-state index in [0.29, 0.717) is 89.9 Å². The van der Waals surface area contributed by atoms with E-state index >= 15 is 0 Å². The number of benzene rings is 1. The Balaban J connectivity index is 0.783. The number of aliphatic imine (C=N–C) groups is 1.